The first-order chi connectivity index (χ1) is 21.6. The van der Waals surface area contributed by atoms with Crippen LogP contribution in [0.15, 0.2) is 53.7 Å². The lowest BCUT2D eigenvalue weighted by Gasteiger charge is -2.33. The van der Waals surface area contributed by atoms with E-state index in [0.717, 1.165) is 17.6 Å². The maximum absolute atomic E-state index is 12.8. The fourth-order valence-electron chi connectivity index (χ4n) is 5.05. The molecule has 246 valence electrons. The molecule has 4 aromatic rings. The Labute approximate surface area is 276 Å². The highest BCUT2D eigenvalue weighted by molar-refractivity contribution is 7.90. The molecular formula is C32H36ClN3O8S2. The molecule has 1 aliphatic heterocycles. The number of carbonyl (C=O) groups excluding carboxylic acids is 2. The predicted octanol–water partition coefficient (Wildman–Crippen LogP) is 6.85. The third kappa shape index (κ3) is 7.42. The first kappa shape index (κ1) is 33.6. The smallest absolute Gasteiger partial charge is 0.410 e. The van der Waals surface area contributed by atoms with Gasteiger partial charge in [0.1, 0.15) is 40.6 Å². The van der Waals surface area contributed by atoms with Crippen molar-refractivity contribution in [2.75, 3.05) is 26.5 Å². The minimum absolute atomic E-state index is 0.133. The number of piperidine rings is 1. The number of carbonyl (C=O) groups is 2. The summed E-state index contributed by atoms with van der Waals surface area (Å²) in [6.07, 6.45) is 2.92. The normalized spacial score (nSPS) is 15.1. The number of hydrogen-bond donors (Lipinski definition) is 0. The number of aromatic nitrogens is 2. The van der Waals surface area contributed by atoms with Crippen LogP contribution in [0.25, 0.3) is 16.0 Å². The second-order valence-electron chi connectivity index (χ2n) is 12.0. The van der Waals surface area contributed by atoms with E-state index in [9.17, 15) is 18.0 Å². The van der Waals surface area contributed by atoms with Gasteiger partial charge in [-0.2, -0.15) is 0 Å². The number of methoxy groups -OCH3 is 1. The number of halogens is 1. The molecule has 3 heterocycles. The number of hydrogen-bond acceptors (Lipinski definition) is 10. The van der Waals surface area contributed by atoms with Crippen molar-refractivity contribution >= 4 is 55.9 Å². The molecule has 0 spiro atoms. The van der Waals surface area contributed by atoms with Crippen LogP contribution in [0.5, 0.6) is 11.5 Å². The van der Waals surface area contributed by atoms with E-state index >= 15 is 0 Å². The number of benzene rings is 2. The van der Waals surface area contributed by atoms with Crippen LogP contribution < -0.4 is 9.47 Å². The van der Waals surface area contributed by atoms with Gasteiger partial charge in [-0.15, -0.1) is 11.3 Å². The first-order valence-electron chi connectivity index (χ1n) is 14.6. The Morgan fingerprint density at radius 2 is 1.80 bits per heavy atom. The molecule has 46 heavy (non-hydrogen) atoms. The Morgan fingerprint density at radius 3 is 2.46 bits per heavy atom. The highest BCUT2D eigenvalue weighted by Crippen LogP contribution is 2.40. The van der Waals surface area contributed by atoms with Gasteiger partial charge in [0.25, 0.3) is 0 Å². The zero-order valence-corrected chi connectivity index (χ0v) is 28.8. The molecule has 11 nitrogen and oxygen atoms in total. The maximum Gasteiger partial charge on any atom is 0.410 e. The van der Waals surface area contributed by atoms with Crippen molar-refractivity contribution in [2.45, 2.75) is 63.2 Å². The topological polar surface area (TPSA) is 126 Å². The summed E-state index contributed by atoms with van der Waals surface area (Å²) in [7, 11) is -2.10. The van der Waals surface area contributed by atoms with Crippen LogP contribution in [-0.4, -0.2) is 73.1 Å². The van der Waals surface area contributed by atoms with Crippen molar-refractivity contribution in [3.63, 3.8) is 0 Å². The zero-order valence-electron chi connectivity index (χ0n) is 26.4. The number of thiophene rings is 1. The minimum Gasteiger partial charge on any atom is -0.489 e. The number of sulfone groups is 1. The third-order valence-electron chi connectivity index (χ3n) is 7.36. The molecule has 0 radical (unpaired) electrons. The molecule has 1 atom stereocenters. The summed E-state index contributed by atoms with van der Waals surface area (Å²) in [5, 5.41) is 1.01. The Bertz CT molecular complexity index is 1870. The Morgan fingerprint density at radius 1 is 1.09 bits per heavy atom. The second kappa shape index (κ2) is 13.1. The number of fused-ring (bicyclic) bond motifs is 1. The van der Waals surface area contributed by atoms with E-state index in [4.69, 9.17) is 30.5 Å². The summed E-state index contributed by atoms with van der Waals surface area (Å²) >= 11 is 7.99. The summed E-state index contributed by atoms with van der Waals surface area (Å²) in [4.78, 5) is 31.7. The average Bonchev–Trinajstić information content (AvgIpc) is 3.60. The molecule has 0 bridgehead atoms. The molecule has 1 fully saturated rings. The molecule has 1 saturated heterocycles. The first-order valence-corrected chi connectivity index (χ1v) is 17.7. The summed E-state index contributed by atoms with van der Waals surface area (Å²) in [5.41, 5.74) is 1.26. The monoisotopic (exact) mass is 689 g/mol. The largest absolute Gasteiger partial charge is 0.489 e. The number of nitrogens with zero attached hydrogens (tertiary/aromatic N) is 3. The van der Waals surface area contributed by atoms with Gasteiger partial charge in [-0.3, -0.25) is 4.57 Å². The van der Waals surface area contributed by atoms with E-state index in [1.165, 1.54) is 19.2 Å². The predicted molar refractivity (Wildman–Crippen MR) is 175 cm³/mol. The fraction of sp³-hybridized carbons (Fsp3) is 0.406. The van der Waals surface area contributed by atoms with Crippen molar-refractivity contribution in [1.29, 1.82) is 0 Å². The number of esters is 1. The van der Waals surface area contributed by atoms with Crippen molar-refractivity contribution in [3.05, 3.63) is 64.3 Å². The SMILES string of the molecule is COC(=O)c1sc(-n2cnc3cc(S(C)(=O)=O)ccc32)cc1O[C@H](C)c1cccc(OC2CCN(C(=O)OC(C)(C)C)CC2)c1Cl. The molecule has 14 heteroatoms. The highest BCUT2D eigenvalue weighted by atomic mass is 35.5. The minimum atomic E-state index is -3.40. The van der Waals surface area contributed by atoms with Gasteiger partial charge >= 0.3 is 12.1 Å². The molecular weight excluding hydrogens is 654 g/mol. The van der Waals surface area contributed by atoms with Gasteiger partial charge in [-0.05, 0) is 52.0 Å². The van der Waals surface area contributed by atoms with Crippen LogP contribution in [0.2, 0.25) is 5.02 Å². The lowest BCUT2D eigenvalue weighted by molar-refractivity contribution is 0.0126. The number of amides is 1. The summed E-state index contributed by atoms with van der Waals surface area (Å²) in [5.74, 6) is 0.233. The van der Waals surface area contributed by atoms with Crippen LogP contribution in [-0.2, 0) is 19.3 Å². The van der Waals surface area contributed by atoms with Crippen LogP contribution in [0.1, 0.15) is 61.9 Å². The van der Waals surface area contributed by atoms with Gasteiger partial charge in [0.05, 0.1) is 28.1 Å². The molecule has 0 saturated carbocycles. The molecule has 2 aromatic carbocycles. The van der Waals surface area contributed by atoms with Crippen LogP contribution >= 0.6 is 22.9 Å². The molecule has 0 aliphatic carbocycles. The summed E-state index contributed by atoms with van der Waals surface area (Å²) in [6.45, 7) is 8.37. The van der Waals surface area contributed by atoms with Crippen molar-refractivity contribution in [2.24, 2.45) is 0 Å². The van der Waals surface area contributed by atoms with Gasteiger partial charge in [-0.1, -0.05) is 23.7 Å². The van der Waals surface area contributed by atoms with E-state index < -0.39 is 27.5 Å². The number of likely N-dealkylation sites (tertiary alicyclic amines) is 1. The standard InChI is InChI=1S/C32H36ClN3O8S2/c1-19(22-8-7-9-25(28(22)33)43-20-12-14-35(15-13-20)31(38)44-32(2,3)4)42-26-17-27(45-29(26)30(37)41-5)36-18-34-23-16-21(46(6,39)40)10-11-24(23)36/h7-11,16-20H,12-15H2,1-6H3/t19-/m1/s1. The van der Waals surface area contributed by atoms with Crippen LogP contribution in [0.4, 0.5) is 4.79 Å². The summed E-state index contributed by atoms with van der Waals surface area (Å²) in [6, 6.07) is 11.9. The van der Waals surface area contributed by atoms with Gasteiger partial charge in [-0.25, -0.2) is 23.0 Å². The van der Waals surface area contributed by atoms with Crippen LogP contribution in [0.3, 0.4) is 0 Å². The number of rotatable bonds is 8. The van der Waals surface area contributed by atoms with E-state index in [0.29, 0.717) is 64.1 Å². The third-order valence-corrected chi connectivity index (χ3v) is 9.97. The van der Waals surface area contributed by atoms with Gasteiger partial charge in [0, 0.05) is 43.8 Å². The van der Waals surface area contributed by atoms with E-state index in [1.807, 2.05) is 39.8 Å². The average molecular weight is 690 g/mol. The summed E-state index contributed by atoms with van der Waals surface area (Å²) < 4.78 is 48.9. The van der Waals surface area contributed by atoms with Crippen molar-refractivity contribution in [3.8, 4) is 16.5 Å². The van der Waals surface area contributed by atoms with Crippen molar-refractivity contribution < 1.29 is 37.0 Å². The van der Waals surface area contributed by atoms with Crippen LogP contribution in [0, 0.1) is 0 Å². The lowest BCUT2D eigenvalue weighted by Crippen LogP contribution is -2.44. The van der Waals surface area contributed by atoms with E-state index in [2.05, 4.69) is 4.98 Å². The molecule has 2 aromatic heterocycles. The molecule has 1 aliphatic rings. The van der Waals surface area contributed by atoms with Gasteiger partial charge < -0.3 is 23.8 Å². The Kier molecular flexibility index (Phi) is 9.57. The van der Waals surface area contributed by atoms with E-state index in [1.54, 1.807) is 34.0 Å². The van der Waals surface area contributed by atoms with Crippen molar-refractivity contribution in [1.82, 2.24) is 14.5 Å². The van der Waals surface area contributed by atoms with E-state index in [-0.39, 0.29) is 22.0 Å². The molecule has 1 amide bonds. The van der Waals surface area contributed by atoms with Gasteiger partial charge in [0.15, 0.2) is 14.7 Å². The zero-order chi connectivity index (χ0) is 33.4. The Hall–Kier alpha value is -3.81. The molecule has 0 N–H and O–H groups in total. The number of imidazole rings is 1. The number of ether oxygens (including phenoxy) is 4. The molecule has 0 unspecified atom stereocenters. The van der Waals surface area contributed by atoms with Gasteiger partial charge in [0.2, 0.25) is 0 Å². The molecule has 5 rings (SSSR count). The fourth-order valence-corrected chi connectivity index (χ4v) is 7.01. The second-order valence-corrected chi connectivity index (χ2v) is 15.4. The lowest BCUT2D eigenvalue weighted by atomic mass is 10.1. The highest BCUT2D eigenvalue weighted by Gasteiger charge is 2.29. The quantitative estimate of drug-likeness (QED) is 0.183. The Balaban J connectivity index is 1.33. The maximum atomic E-state index is 12.8.